The van der Waals surface area contributed by atoms with Crippen LogP contribution >= 0.6 is 0 Å². The number of aliphatic hydroxyl groups excluding tert-OH is 1. The number of anilines is 1. The van der Waals surface area contributed by atoms with Crippen LogP contribution in [-0.4, -0.2) is 11.4 Å². The molecule has 0 aliphatic heterocycles. The Bertz CT molecular complexity index is 213. The molecule has 0 heterocycles. The number of para-hydroxylation sites is 1. The third-order valence-corrected chi connectivity index (χ3v) is 1.44. The second-order valence-corrected chi connectivity index (χ2v) is 2.45. The normalized spacial score (nSPS) is 12.5. The van der Waals surface area contributed by atoms with Crippen LogP contribution in [0.15, 0.2) is 30.3 Å². The maximum absolute atomic E-state index is 9.03. The zero-order chi connectivity index (χ0) is 8.81. The van der Waals surface area contributed by atoms with Gasteiger partial charge in [0.1, 0.15) is 0 Å². The van der Waals surface area contributed by atoms with Crippen molar-refractivity contribution >= 4 is 5.69 Å². The second-order valence-electron chi connectivity index (χ2n) is 2.45. The van der Waals surface area contributed by atoms with Crippen LogP contribution in [-0.2, 0) is 4.84 Å². The summed E-state index contributed by atoms with van der Waals surface area (Å²) >= 11 is 0. The molecule has 3 nitrogen and oxygen atoms in total. The average molecular weight is 167 g/mol. The van der Waals surface area contributed by atoms with Gasteiger partial charge in [-0.2, -0.15) is 0 Å². The molecule has 1 aromatic rings. The number of nitrogens with one attached hydrogen (secondary N) is 1. The van der Waals surface area contributed by atoms with Gasteiger partial charge in [0.2, 0.25) is 0 Å². The molecule has 0 aliphatic carbocycles. The Hall–Kier alpha value is -1.06. The van der Waals surface area contributed by atoms with E-state index in [0.717, 1.165) is 5.69 Å². The van der Waals surface area contributed by atoms with Crippen LogP contribution < -0.4 is 5.48 Å². The molecule has 0 radical (unpaired) electrons. The SMILES string of the molecule is CCC(O)ONc1ccccc1. The summed E-state index contributed by atoms with van der Waals surface area (Å²) in [7, 11) is 0. The van der Waals surface area contributed by atoms with Crippen molar-refractivity contribution in [2.24, 2.45) is 0 Å². The molecule has 1 atom stereocenters. The lowest BCUT2D eigenvalue weighted by molar-refractivity contribution is -0.0757. The van der Waals surface area contributed by atoms with Crippen LogP contribution in [0.1, 0.15) is 13.3 Å². The van der Waals surface area contributed by atoms with E-state index in [9.17, 15) is 0 Å². The van der Waals surface area contributed by atoms with Crippen LogP contribution in [0.4, 0.5) is 5.69 Å². The van der Waals surface area contributed by atoms with Crippen LogP contribution in [0.3, 0.4) is 0 Å². The first kappa shape index (κ1) is 9.03. The number of hydrogen-bond acceptors (Lipinski definition) is 3. The van der Waals surface area contributed by atoms with E-state index in [1.807, 2.05) is 37.3 Å². The zero-order valence-electron chi connectivity index (χ0n) is 7.03. The fraction of sp³-hybridized carbons (Fsp3) is 0.333. The Kier molecular flexibility index (Phi) is 3.57. The van der Waals surface area contributed by atoms with Crippen molar-refractivity contribution in [3.63, 3.8) is 0 Å². The molecule has 66 valence electrons. The van der Waals surface area contributed by atoms with Gasteiger partial charge in [-0.05, 0) is 18.6 Å². The van der Waals surface area contributed by atoms with Gasteiger partial charge < -0.3 is 5.11 Å². The van der Waals surface area contributed by atoms with Crippen molar-refractivity contribution in [1.29, 1.82) is 0 Å². The Labute approximate surface area is 71.9 Å². The Balaban J connectivity index is 2.33. The second kappa shape index (κ2) is 4.74. The molecular formula is C9H13NO2. The Morgan fingerprint density at radius 1 is 1.42 bits per heavy atom. The first-order valence-corrected chi connectivity index (χ1v) is 3.97. The molecule has 0 bridgehead atoms. The van der Waals surface area contributed by atoms with Gasteiger partial charge in [0.25, 0.3) is 0 Å². The fourth-order valence-electron chi connectivity index (χ4n) is 0.726. The first-order chi connectivity index (χ1) is 5.83. The molecule has 0 spiro atoms. The van der Waals surface area contributed by atoms with Gasteiger partial charge >= 0.3 is 0 Å². The third-order valence-electron chi connectivity index (χ3n) is 1.44. The molecule has 2 N–H and O–H groups in total. The van der Waals surface area contributed by atoms with Crippen LogP contribution in [0.25, 0.3) is 0 Å². The molecule has 0 amide bonds. The van der Waals surface area contributed by atoms with Gasteiger partial charge in [0, 0.05) is 0 Å². The van der Waals surface area contributed by atoms with Gasteiger partial charge in [0.15, 0.2) is 6.29 Å². The van der Waals surface area contributed by atoms with Crippen LogP contribution in [0.5, 0.6) is 0 Å². The minimum Gasteiger partial charge on any atom is -0.366 e. The minimum atomic E-state index is -0.745. The Morgan fingerprint density at radius 2 is 2.08 bits per heavy atom. The molecule has 0 aromatic heterocycles. The highest BCUT2D eigenvalue weighted by atomic mass is 16.7. The summed E-state index contributed by atoms with van der Waals surface area (Å²) in [5.74, 6) is 0. The van der Waals surface area contributed by atoms with Crippen molar-refractivity contribution in [2.45, 2.75) is 19.6 Å². The van der Waals surface area contributed by atoms with E-state index in [4.69, 9.17) is 9.94 Å². The van der Waals surface area contributed by atoms with E-state index in [-0.39, 0.29) is 0 Å². The predicted octanol–water partition coefficient (Wildman–Crippen LogP) is 1.76. The van der Waals surface area contributed by atoms with Crippen LogP contribution in [0, 0.1) is 0 Å². The summed E-state index contributed by atoms with van der Waals surface area (Å²) < 4.78 is 0. The van der Waals surface area contributed by atoms with E-state index in [1.54, 1.807) is 0 Å². The van der Waals surface area contributed by atoms with E-state index < -0.39 is 6.29 Å². The highest BCUT2D eigenvalue weighted by Crippen LogP contribution is 2.05. The molecule has 1 rings (SSSR count). The molecule has 1 aromatic carbocycles. The monoisotopic (exact) mass is 167 g/mol. The third kappa shape index (κ3) is 2.90. The van der Waals surface area contributed by atoms with E-state index in [1.165, 1.54) is 0 Å². The molecule has 0 saturated heterocycles. The highest BCUT2D eigenvalue weighted by Gasteiger charge is 1.98. The zero-order valence-corrected chi connectivity index (χ0v) is 7.03. The summed E-state index contributed by atoms with van der Waals surface area (Å²) in [5, 5.41) is 9.03. The van der Waals surface area contributed by atoms with Gasteiger partial charge in [-0.25, -0.2) is 4.84 Å². The maximum atomic E-state index is 9.03. The molecule has 3 heteroatoms. The molecular weight excluding hydrogens is 154 g/mol. The highest BCUT2D eigenvalue weighted by molar-refractivity contribution is 5.39. The lowest BCUT2D eigenvalue weighted by atomic mass is 10.3. The Morgan fingerprint density at radius 3 is 2.67 bits per heavy atom. The number of aliphatic hydroxyl groups is 1. The molecule has 12 heavy (non-hydrogen) atoms. The average Bonchev–Trinajstić information content (AvgIpc) is 2.16. The van der Waals surface area contributed by atoms with Crippen molar-refractivity contribution in [1.82, 2.24) is 0 Å². The lowest BCUT2D eigenvalue weighted by Crippen LogP contribution is -2.14. The number of hydrogen-bond donors (Lipinski definition) is 2. The van der Waals surface area contributed by atoms with Gasteiger partial charge in [-0.15, -0.1) is 0 Å². The maximum Gasteiger partial charge on any atom is 0.180 e. The van der Waals surface area contributed by atoms with Gasteiger partial charge in [0.05, 0.1) is 5.69 Å². The summed E-state index contributed by atoms with van der Waals surface area (Å²) in [6.07, 6.45) is -0.176. The molecule has 1 unspecified atom stereocenters. The fourth-order valence-corrected chi connectivity index (χ4v) is 0.726. The quantitative estimate of drug-likeness (QED) is 0.530. The molecule has 0 aliphatic rings. The van der Waals surface area contributed by atoms with E-state index >= 15 is 0 Å². The number of rotatable bonds is 4. The van der Waals surface area contributed by atoms with Crippen molar-refractivity contribution in [3.05, 3.63) is 30.3 Å². The largest absolute Gasteiger partial charge is 0.366 e. The van der Waals surface area contributed by atoms with Gasteiger partial charge in [-0.1, -0.05) is 25.1 Å². The lowest BCUT2D eigenvalue weighted by Gasteiger charge is -2.10. The topological polar surface area (TPSA) is 41.5 Å². The smallest absolute Gasteiger partial charge is 0.180 e. The standard InChI is InChI=1S/C9H13NO2/c1-2-9(11)12-10-8-6-4-3-5-7-8/h3-7,9-11H,2H2,1H3. The van der Waals surface area contributed by atoms with E-state index in [0.29, 0.717) is 6.42 Å². The number of benzene rings is 1. The summed E-state index contributed by atoms with van der Waals surface area (Å²) in [5.41, 5.74) is 3.48. The van der Waals surface area contributed by atoms with Crippen molar-refractivity contribution in [3.8, 4) is 0 Å². The van der Waals surface area contributed by atoms with Crippen molar-refractivity contribution in [2.75, 3.05) is 5.48 Å². The van der Waals surface area contributed by atoms with Crippen LogP contribution in [0.2, 0.25) is 0 Å². The van der Waals surface area contributed by atoms with E-state index in [2.05, 4.69) is 5.48 Å². The molecule has 0 saturated carbocycles. The predicted molar refractivity (Wildman–Crippen MR) is 47.4 cm³/mol. The summed E-state index contributed by atoms with van der Waals surface area (Å²) in [4.78, 5) is 4.88. The minimum absolute atomic E-state index is 0.569. The molecule has 0 fully saturated rings. The van der Waals surface area contributed by atoms with Gasteiger partial charge in [-0.3, -0.25) is 5.48 Å². The first-order valence-electron chi connectivity index (χ1n) is 3.97. The summed E-state index contributed by atoms with van der Waals surface area (Å²) in [6.45, 7) is 1.84. The summed E-state index contributed by atoms with van der Waals surface area (Å²) in [6, 6.07) is 9.43. The van der Waals surface area contributed by atoms with Crippen molar-refractivity contribution < 1.29 is 9.94 Å².